The minimum Gasteiger partial charge on any atom is -0.481 e. The van der Waals surface area contributed by atoms with Crippen LogP contribution in [0, 0.1) is 0 Å². The summed E-state index contributed by atoms with van der Waals surface area (Å²) in [6.07, 6.45) is 7.38. The number of aliphatic carboxylic acids is 2. The third kappa shape index (κ3) is 6.87. The van der Waals surface area contributed by atoms with E-state index in [-0.39, 0.29) is 19.4 Å². The van der Waals surface area contributed by atoms with Gasteiger partial charge in [-0.1, -0.05) is 63.3 Å². The third-order valence-electron chi connectivity index (χ3n) is 7.56. The number of nitrogens with zero attached hydrogens (tertiary/aromatic N) is 2. The number of nitrogens with one attached hydrogen (secondary N) is 1. The van der Waals surface area contributed by atoms with Crippen LogP contribution in [0.15, 0.2) is 24.3 Å². The van der Waals surface area contributed by atoms with Gasteiger partial charge in [-0.3, -0.25) is 19.4 Å². The van der Waals surface area contributed by atoms with Crippen LogP contribution >= 0.6 is 0 Å². The van der Waals surface area contributed by atoms with Crippen LogP contribution in [0.4, 0.5) is 0 Å². The Bertz CT molecular complexity index is 1100. The molecule has 0 saturated carbocycles. The summed E-state index contributed by atoms with van der Waals surface area (Å²) in [6, 6.07) is 7.61. The van der Waals surface area contributed by atoms with Gasteiger partial charge in [-0.05, 0) is 52.4 Å². The van der Waals surface area contributed by atoms with E-state index in [0.717, 1.165) is 19.6 Å². The van der Waals surface area contributed by atoms with Crippen molar-refractivity contribution in [3.63, 3.8) is 0 Å². The minimum absolute atomic E-state index is 0.0628. The summed E-state index contributed by atoms with van der Waals surface area (Å²) in [4.78, 5) is 39.4. The number of carboxylic acid groups (broad SMARTS) is 2. The lowest BCUT2D eigenvalue weighted by molar-refractivity contribution is -0.143. The molecule has 2 aliphatic rings. The van der Waals surface area contributed by atoms with Crippen LogP contribution in [0.5, 0.6) is 0 Å². The van der Waals surface area contributed by atoms with Crippen LogP contribution in [-0.2, 0) is 40.6 Å². The molecule has 0 unspecified atom stereocenters. The summed E-state index contributed by atoms with van der Waals surface area (Å²) in [5, 5.41) is 23.4. The van der Waals surface area contributed by atoms with Crippen molar-refractivity contribution in [2.45, 2.75) is 90.5 Å². The van der Waals surface area contributed by atoms with Gasteiger partial charge in [-0.25, -0.2) is 4.79 Å². The molecule has 0 aliphatic carbocycles. The molecule has 0 spiro atoms. The topological polar surface area (TPSA) is 110 Å². The Hall–Kier alpha value is -2.97. The molecular formula is C29H39N3O5. The standard InChI is InChI=1S/C29H39N3O5/c1-2-3-4-5-6-7-14-31-15-20-8-10-22-17-32(18-23-11-9-21(16-31)27(20)28(22)23)19-25(33)30-24(29(36)37)12-13-26(34)35/h8-11,24H,2-7,12-19H2,1H3,(H,30,33)(H,34,35)(H,36,37)/t24-/m0/s1. The number of amides is 1. The number of unbranched alkanes of at least 4 members (excludes halogenated alkanes) is 5. The van der Waals surface area contributed by atoms with Crippen molar-refractivity contribution in [2.24, 2.45) is 0 Å². The first-order chi connectivity index (χ1) is 17.9. The van der Waals surface area contributed by atoms with Crippen LogP contribution in [0.3, 0.4) is 0 Å². The molecule has 0 saturated heterocycles. The van der Waals surface area contributed by atoms with Crippen molar-refractivity contribution in [3.05, 3.63) is 46.5 Å². The zero-order valence-corrected chi connectivity index (χ0v) is 21.8. The van der Waals surface area contributed by atoms with Crippen LogP contribution in [0.1, 0.15) is 80.5 Å². The van der Waals surface area contributed by atoms with E-state index >= 15 is 0 Å². The number of hydrogen-bond acceptors (Lipinski definition) is 5. The van der Waals surface area contributed by atoms with Gasteiger partial charge in [0.1, 0.15) is 6.04 Å². The van der Waals surface area contributed by atoms with Gasteiger partial charge >= 0.3 is 11.9 Å². The first kappa shape index (κ1) is 27.1. The number of carbonyl (C=O) groups is 3. The van der Waals surface area contributed by atoms with Gasteiger partial charge in [0, 0.05) is 32.6 Å². The fourth-order valence-electron chi connectivity index (χ4n) is 5.75. The maximum Gasteiger partial charge on any atom is 0.326 e. The SMILES string of the molecule is CCCCCCCCN1Cc2ccc3c4c(ccc(c24)C1)CN(CC(=O)N[C@@H](CCC(=O)O)C(=O)O)C3. The van der Waals surface area contributed by atoms with Crippen LogP contribution in [-0.4, -0.2) is 57.0 Å². The fraction of sp³-hybridized carbons (Fsp3) is 0.552. The van der Waals surface area contributed by atoms with Gasteiger partial charge in [0.2, 0.25) is 5.91 Å². The Morgan fingerprint density at radius 1 is 0.811 bits per heavy atom. The molecule has 2 aliphatic heterocycles. The lowest BCUT2D eigenvalue weighted by Crippen LogP contribution is -2.46. The summed E-state index contributed by atoms with van der Waals surface area (Å²) in [5.41, 5.74) is 5.14. The molecule has 4 rings (SSSR count). The average molecular weight is 510 g/mol. The molecule has 0 bridgehead atoms. The molecule has 8 heteroatoms. The van der Waals surface area contributed by atoms with Gasteiger partial charge in [0.15, 0.2) is 0 Å². The smallest absolute Gasteiger partial charge is 0.326 e. The van der Waals surface area contributed by atoms with Crippen molar-refractivity contribution in [2.75, 3.05) is 13.1 Å². The van der Waals surface area contributed by atoms with E-state index in [9.17, 15) is 19.5 Å². The highest BCUT2D eigenvalue weighted by molar-refractivity contribution is 5.95. The highest BCUT2D eigenvalue weighted by atomic mass is 16.4. The number of carboxylic acids is 2. The molecule has 0 fully saturated rings. The average Bonchev–Trinajstić information content (AvgIpc) is 2.86. The Morgan fingerprint density at radius 2 is 1.32 bits per heavy atom. The van der Waals surface area contributed by atoms with Gasteiger partial charge in [-0.2, -0.15) is 0 Å². The number of hydrogen-bond donors (Lipinski definition) is 3. The van der Waals surface area contributed by atoms with Gasteiger partial charge < -0.3 is 15.5 Å². The Morgan fingerprint density at radius 3 is 1.84 bits per heavy atom. The van der Waals surface area contributed by atoms with E-state index < -0.39 is 23.9 Å². The van der Waals surface area contributed by atoms with Crippen molar-refractivity contribution in [1.29, 1.82) is 0 Å². The summed E-state index contributed by atoms with van der Waals surface area (Å²) < 4.78 is 0. The normalized spacial score (nSPS) is 16.0. The summed E-state index contributed by atoms with van der Waals surface area (Å²) >= 11 is 0. The van der Waals surface area contributed by atoms with E-state index in [1.807, 2.05) is 4.90 Å². The largest absolute Gasteiger partial charge is 0.481 e. The third-order valence-corrected chi connectivity index (χ3v) is 7.56. The zero-order valence-electron chi connectivity index (χ0n) is 21.8. The number of benzene rings is 2. The molecule has 1 amide bonds. The Kier molecular flexibility index (Phi) is 9.16. The quantitative estimate of drug-likeness (QED) is 0.326. The van der Waals surface area contributed by atoms with Crippen LogP contribution < -0.4 is 5.32 Å². The second kappa shape index (κ2) is 12.5. The Balaban J connectivity index is 1.38. The fourth-order valence-corrected chi connectivity index (χ4v) is 5.75. The molecule has 2 aromatic rings. The van der Waals surface area contributed by atoms with Crippen molar-refractivity contribution < 1.29 is 24.6 Å². The summed E-state index contributed by atoms with van der Waals surface area (Å²) in [6.45, 7) is 6.63. The maximum absolute atomic E-state index is 12.6. The highest BCUT2D eigenvalue weighted by Crippen LogP contribution is 2.37. The van der Waals surface area contributed by atoms with Crippen LogP contribution in [0.2, 0.25) is 0 Å². The molecule has 1 atom stereocenters. The summed E-state index contributed by atoms with van der Waals surface area (Å²) in [7, 11) is 0. The predicted octanol–water partition coefficient (Wildman–Crippen LogP) is 4.27. The number of carbonyl (C=O) groups excluding carboxylic acids is 1. The van der Waals surface area contributed by atoms with Crippen molar-refractivity contribution in [1.82, 2.24) is 15.1 Å². The molecule has 2 heterocycles. The van der Waals surface area contributed by atoms with E-state index in [4.69, 9.17) is 5.11 Å². The molecule has 8 nitrogen and oxygen atoms in total. The first-order valence-corrected chi connectivity index (χ1v) is 13.6. The monoisotopic (exact) mass is 509 g/mol. The zero-order chi connectivity index (χ0) is 26.4. The van der Waals surface area contributed by atoms with E-state index in [1.54, 1.807) is 0 Å². The first-order valence-electron chi connectivity index (χ1n) is 13.6. The van der Waals surface area contributed by atoms with Gasteiger partial charge in [0.25, 0.3) is 0 Å². The second-order valence-corrected chi connectivity index (χ2v) is 10.5. The minimum atomic E-state index is -1.22. The van der Waals surface area contributed by atoms with Crippen LogP contribution in [0.25, 0.3) is 10.8 Å². The van der Waals surface area contributed by atoms with E-state index in [0.29, 0.717) is 13.1 Å². The van der Waals surface area contributed by atoms with E-state index in [2.05, 4.69) is 41.4 Å². The lowest BCUT2D eigenvalue weighted by Gasteiger charge is -2.34. The highest BCUT2D eigenvalue weighted by Gasteiger charge is 2.27. The summed E-state index contributed by atoms with van der Waals surface area (Å²) in [5.74, 6) is -2.71. The van der Waals surface area contributed by atoms with Gasteiger partial charge in [0.05, 0.1) is 6.54 Å². The van der Waals surface area contributed by atoms with Crippen molar-refractivity contribution in [3.8, 4) is 0 Å². The maximum atomic E-state index is 12.6. The second-order valence-electron chi connectivity index (χ2n) is 10.5. The Labute approximate surface area is 218 Å². The molecule has 2 aromatic carbocycles. The van der Waals surface area contributed by atoms with Gasteiger partial charge in [-0.15, -0.1) is 0 Å². The molecule has 3 N–H and O–H groups in total. The lowest BCUT2D eigenvalue weighted by atomic mass is 9.87. The number of rotatable bonds is 14. The predicted molar refractivity (Wildman–Crippen MR) is 142 cm³/mol. The molecular weight excluding hydrogens is 470 g/mol. The molecule has 37 heavy (non-hydrogen) atoms. The molecule has 0 radical (unpaired) electrons. The van der Waals surface area contributed by atoms with E-state index in [1.165, 1.54) is 71.6 Å². The molecule has 0 aromatic heterocycles. The molecule has 200 valence electrons. The van der Waals surface area contributed by atoms with Crippen molar-refractivity contribution >= 4 is 28.6 Å².